The van der Waals surface area contributed by atoms with Crippen molar-refractivity contribution < 1.29 is 14.3 Å². The van der Waals surface area contributed by atoms with E-state index in [9.17, 15) is 4.79 Å². The molecule has 5 rings (SSSR count). The second kappa shape index (κ2) is 8.69. The number of anilines is 1. The monoisotopic (exact) mass is 431 g/mol. The van der Waals surface area contributed by atoms with E-state index in [4.69, 9.17) is 14.5 Å². The van der Waals surface area contributed by atoms with Crippen LogP contribution in [0.25, 0.3) is 11.0 Å². The fraction of sp³-hybridized carbons (Fsp3) is 0.385. The third-order valence-electron chi connectivity index (χ3n) is 6.38. The molecule has 2 aliphatic rings. The van der Waals surface area contributed by atoms with Crippen LogP contribution in [0.15, 0.2) is 59.8 Å². The van der Waals surface area contributed by atoms with E-state index in [1.165, 1.54) is 6.42 Å². The van der Waals surface area contributed by atoms with Crippen molar-refractivity contribution in [3.05, 3.63) is 65.4 Å². The smallest absolute Gasteiger partial charge is 0.338 e. The van der Waals surface area contributed by atoms with Crippen molar-refractivity contribution >= 4 is 23.0 Å². The van der Waals surface area contributed by atoms with Gasteiger partial charge in [0.2, 0.25) is 5.95 Å². The Morgan fingerprint density at radius 3 is 2.59 bits per heavy atom. The number of hydrogen-bond donors (Lipinski definition) is 1. The van der Waals surface area contributed by atoms with Gasteiger partial charge in [-0.05, 0) is 69.4 Å². The molecular formula is C26H29N3O3. The number of aromatic nitrogens is 2. The highest BCUT2D eigenvalue weighted by molar-refractivity contribution is 5.94. The zero-order chi connectivity index (χ0) is 22.1. The van der Waals surface area contributed by atoms with Crippen LogP contribution in [0.1, 0.15) is 57.6 Å². The van der Waals surface area contributed by atoms with Gasteiger partial charge in [-0.1, -0.05) is 30.7 Å². The number of benzene rings is 2. The molecule has 1 aliphatic carbocycles. The number of nitrogens with zero attached hydrogens (tertiary/aromatic N) is 2. The molecule has 1 aliphatic heterocycles. The summed E-state index contributed by atoms with van der Waals surface area (Å²) in [6.07, 6.45) is 5.34. The van der Waals surface area contributed by atoms with Gasteiger partial charge in [-0.3, -0.25) is 4.57 Å². The van der Waals surface area contributed by atoms with Crippen LogP contribution in [-0.2, 0) is 9.53 Å². The van der Waals surface area contributed by atoms with Gasteiger partial charge in [0, 0.05) is 5.70 Å². The van der Waals surface area contributed by atoms with E-state index in [2.05, 4.69) is 9.88 Å². The van der Waals surface area contributed by atoms with E-state index in [0.29, 0.717) is 12.2 Å². The first-order valence-electron chi connectivity index (χ1n) is 11.5. The standard InChI is InChI=1S/C26H29N3O3/c1-3-31-19-15-13-18(14-16-19)24-23(25(30)32-20-9-5-4-6-10-20)17(2)27-26-28-21-11-7-8-12-22(21)29(24)26/h7-8,11-16,20,24H,3-6,9-10H2,1-2H3,(H,27,28)/t24-/m1/s1. The number of carbonyl (C=O) groups excluding carboxylic acids is 1. The van der Waals surface area contributed by atoms with Gasteiger partial charge in [-0.25, -0.2) is 9.78 Å². The summed E-state index contributed by atoms with van der Waals surface area (Å²) < 4.78 is 13.8. The topological polar surface area (TPSA) is 65.4 Å². The Balaban J connectivity index is 1.59. The molecule has 1 atom stereocenters. The molecule has 0 spiro atoms. The molecule has 6 nitrogen and oxygen atoms in total. The Bertz CT molecular complexity index is 1160. The molecular weight excluding hydrogens is 402 g/mol. The average molecular weight is 432 g/mol. The number of ether oxygens (including phenoxy) is 2. The predicted molar refractivity (Wildman–Crippen MR) is 125 cm³/mol. The highest BCUT2D eigenvalue weighted by atomic mass is 16.5. The van der Waals surface area contributed by atoms with Crippen LogP contribution in [0.5, 0.6) is 5.75 Å². The van der Waals surface area contributed by atoms with Gasteiger partial charge in [0.25, 0.3) is 0 Å². The summed E-state index contributed by atoms with van der Waals surface area (Å²) in [6, 6.07) is 15.7. The number of rotatable bonds is 5. The summed E-state index contributed by atoms with van der Waals surface area (Å²) in [5.74, 6) is 1.30. The lowest BCUT2D eigenvalue weighted by molar-refractivity contribution is -0.146. The van der Waals surface area contributed by atoms with Gasteiger partial charge in [0.15, 0.2) is 0 Å². The zero-order valence-corrected chi connectivity index (χ0v) is 18.6. The van der Waals surface area contributed by atoms with E-state index < -0.39 is 0 Å². The Labute approximate surface area is 188 Å². The molecule has 32 heavy (non-hydrogen) atoms. The first kappa shape index (κ1) is 20.6. The third kappa shape index (κ3) is 3.74. The molecule has 3 aromatic rings. The molecule has 0 bridgehead atoms. The van der Waals surface area contributed by atoms with Crippen molar-refractivity contribution in [3.8, 4) is 5.75 Å². The first-order chi connectivity index (χ1) is 15.7. The number of nitrogens with one attached hydrogen (secondary N) is 1. The van der Waals surface area contributed by atoms with Gasteiger partial charge in [-0.15, -0.1) is 0 Å². The van der Waals surface area contributed by atoms with Crippen LogP contribution < -0.4 is 10.1 Å². The Kier molecular flexibility index (Phi) is 5.60. The number of para-hydroxylation sites is 2. The molecule has 1 N–H and O–H groups in total. The van der Waals surface area contributed by atoms with Crippen LogP contribution in [0.2, 0.25) is 0 Å². The van der Waals surface area contributed by atoms with Gasteiger partial charge < -0.3 is 14.8 Å². The van der Waals surface area contributed by atoms with Gasteiger partial charge in [0.05, 0.1) is 29.3 Å². The van der Waals surface area contributed by atoms with E-state index in [1.54, 1.807) is 0 Å². The number of imidazole rings is 1. The predicted octanol–water partition coefficient (Wildman–Crippen LogP) is 5.60. The van der Waals surface area contributed by atoms with Crippen molar-refractivity contribution in [1.82, 2.24) is 9.55 Å². The average Bonchev–Trinajstić information content (AvgIpc) is 3.17. The highest BCUT2D eigenvalue weighted by Gasteiger charge is 2.36. The maximum Gasteiger partial charge on any atom is 0.338 e. The van der Waals surface area contributed by atoms with Crippen LogP contribution in [0.3, 0.4) is 0 Å². The molecule has 6 heteroatoms. The highest BCUT2D eigenvalue weighted by Crippen LogP contribution is 2.40. The third-order valence-corrected chi connectivity index (χ3v) is 6.38. The lowest BCUT2D eigenvalue weighted by Gasteiger charge is -2.31. The van der Waals surface area contributed by atoms with E-state index >= 15 is 0 Å². The minimum Gasteiger partial charge on any atom is -0.494 e. The molecule has 2 aromatic carbocycles. The molecule has 1 aromatic heterocycles. The number of fused-ring (bicyclic) bond motifs is 3. The fourth-order valence-corrected chi connectivity index (χ4v) is 4.85. The lowest BCUT2D eigenvalue weighted by Crippen LogP contribution is -2.31. The number of allylic oxidation sites excluding steroid dienone is 1. The molecule has 1 saturated carbocycles. The summed E-state index contributed by atoms with van der Waals surface area (Å²) in [5.41, 5.74) is 4.28. The van der Waals surface area contributed by atoms with E-state index in [-0.39, 0.29) is 18.1 Å². The molecule has 0 radical (unpaired) electrons. The molecule has 0 amide bonds. The van der Waals surface area contributed by atoms with Crippen LogP contribution >= 0.6 is 0 Å². The van der Waals surface area contributed by atoms with Crippen LogP contribution in [0, 0.1) is 0 Å². The van der Waals surface area contributed by atoms with Crippen molar-refractivity contribution in [2.24, 2.45) is 0 Å². The molecule has 1 fully saturated rings. The normalized spacial score (nSPS) is 18.9. The lowest BCUT2D eigenvalue weighted by atomic mass is 9.94. The summed E-state index contributed by atoms with van der Waals surface area (Å²) in [6.45, 7) is 4.51. The first-order valence-corrected chi connectivity index (χ1v) is 11.5. The molecule has 0 unspecified atom stereocenters. The second-order valence-corrected chi connectivity index (χ2v) is 8.53. The van der Waals surface area contributed by atoms with Crippen LogP contribution in [-0.4, -0.2) is 28.2 Å². The number of esters is 1. The van der Waals surface area contributed by atoms with Crippen molar-refractivity contribution in [2.45, 2.75) is 58.1 Å². The maximum atomic E-state index is 13.5. The maximum absolute atomic E-state index is 13.5. The Hall–Kier alpha value is -3.28. The zero-order valence-electron chi connectivity index (χ0n) is 18.6. The fourth-order valence-electron chi connectivity index (χ4n) is 4.85. The second-order valence-electron chi connectivity index (χ2n) is 8.53. The number of hydrogen-bond acceptors (Lipinski definition) is 5. The summed E-state index contributed by atoms with van der Waals surface area (Å²) in [7, 11) is 0. The van der Waals surface area contributed by atoms with Crippen LogP contribution in [0.4, 0.5) is 5.95 Å². The molecule has 0 saturated heterocycles. The molecule has 166 valence electrons. The Morgan fingerprint density at radius 2 is 1.84 bits per heavy atom. The largest absolute Gasteiger partial charge is 0.494 e. The minimum absolute atomic E-state index is 0.00143. The van der Waals surface area contributed by atoms with Crippen molar-refractivity contribution in [1.29, 1.82) is 0 Å². The summed E-state index contributed by atoms with van der Waals surface area (Å²) >= 11 is 0. The summed E-state index contributed by atoms with van der Waals surface area (Å²) in [4.78, 5) is 18.3. The van der Waals surface area contributed by atoms with Gasteiger partial charge in [0.1, 0.15) is 11.9 Å². The summed E-state index contributed by atoms with van der Waals surface area (Å²) in [5, 5.41) is 3.35. The van der Waals surface area contributed by atoms with Crippen molar-refractivity contribution in [2.75, 3.05) is 11.9 Å². The SMILES string of the molecule is CCOc1ccc([C@@H]2C(C(=O)OC3CCCCC3)=C(C)Nc3nc4ccccc4n32)cc1. The van der Waals surface area contributed by atoms with Gasteiger partial charge in [-0.2, -0.15) is 0 Å². The quantitative estimate of drug-likeness (QED) is 0.533. The van der Waals surface area contributed by atoms with Crippen molar-refractivity contribution in [3.63, 3.8) is 0 Å². The molecule has 2 heterocycles. The minimum atomic E-state index is -0.328. The van der Waals surface area contributed by atoms with E-state index in [1.807, 2.05) is 62.4 Å². The Morgan fingerprint density at radius 1 is 1.09 bits per heavy atom. The van der Waals surface area contributed by atoms with E-state index in [0.717, 1.165) is 59.7 Å². The number of carbonyl (C=O) groups is 1. The van der Waals surface area contributed by atoms with Gasteiger partial charge >= 0.3 is 5.97 Å².